The SMILES string of the molecule is CCOC(CCNC(=NC)NCC(C)CN1CCCCC1)C(C)C. The molecular formula is C19H40N4O. The lowest BCUT2D eigenvalue weighted by Crippen LogP contribution is -2.43. The molecule has 0 bridgehead atoms. The summed E-state index contributed by atoms with van der Waals surface area (Å²) in [4.78, 5) is 6.93. The van der Waals surface area contributed by atoms with Crippen LogP contribution in [0.4, 0.5) is 0 Å². The minimum Gasteiger partial charge on any atom is -0.378 e. The van der Waals surface area contributed by atoms with Crippen molar-refractivity contribution >= 4 is 5.96 Å². The largest absolute Gasteiger partial charge is 0.378 e. The number of aliphatic imine (C=N–C) groups is 1. The second-order valence-corrected chi connectivity index (χ2v) is 7.37. The number of hydrogen-bond donors (Lipinski definition) is 2. The molecule has 5 heteroatoms. The molecule has 2 N–H and O–H groups in total. The first-order valence-electron chi connectivity index (χ1n) is 9.85. The normalized spacial score (nSPS) is 19.3. The zero-order valence-electron chi connectivity index (χ0n) is 16.6. The number of ether oxygens (including phenoxy) is 1. The Kier molecular flexibility index (Phi) is 11.1. The molecule has 1 saturated heterocycles. The first-order chi connectivity index (χ1) is 11.6. The summed E-state index contributed by atoms with van der Waals surface area (Å²) in [6.45, 7) is 15.2. The predicted octanol–water partition coefficient (Wildman–Crippen LogP) is 2.72. The highest BCUT2D eigenvalue weighted by Crippen LogP contribution is 2.11. The highest BCUT2D eigenvalue weighted by Gasteiger charge is 2.15. The van der Waals surface area contributed by atoms with E-state index in [-0.39, 0.29) is 0 Å². The zero-order valence-corrected chi connectivity index (χ0v) is 16.6. The lowest BCUT2D eigenvalue weighted by Gasteiger charge is -2.29. The van der Waals surface area contributed by atoms with Crippen LogP contribution in [0.25, 0.3) is 0 Å². The number of nitrogens with zero attached hydrogens (tertiary/aromatic N) is 2. The van der Waals surface area contributed by atoms with E-state index in [1.54, 1.807) is 0 Å². The summed E-state index contributed by atoms with van der Waals surface area (Å²) in [6, 6.07) is 0. The molecule has 2 unspecified atom stereocenters. The fourth-order valence-electron chi connectivity index (χ4n) is 3.29. The average molecular weight is 341 g/mol. The molecule has 0 aromatic carbocycles. The molecule has 0 aromatic heterocycles. The standard InChI is InChI=1S/C19H40N4O/c1-6-24-18(16(2)3)10-11-21-19(20-5)22-14-17(4)15-23-12-8-7-9-13-23/h16-18H,6-15H2,1-5H3,(H2,20,21,22). The van der Waals surface area contributed by atoms with Crippen LogP contribution in [-0.4, -0.2) is 63.3 Å². The van der Waals surface area contributed by atoms with Crippen LogP contribution in [-0.2, 0) is 4.74 Å². The summed E-state index contributed by atoms with van der Waals surface area (Å²) in [7, 11) is 1.84. The van der Waals surface area contributed by atoms with Crippen LogP contribution in [0.5, 0.6) is 0 Å². The lowest BCUT2D eigenvalue weighted by atomic mass is 10.0. The van der Waals surface area contributed by atoms with Gasteiger partial charge in [-0.05, 0) is 51.1 Å². The molecule has 142 valence electrons. The van der Waals surface area contributed by atoms with E-state index in [0.29, 0.717) is 17.9 Å². The quantitative estimate of drug-likeness (QED) is 0.474. The Morgan fingerprint density at radius 1 is 1.12 bits per heavy atom. The number of likely N-dealkylation sites (tertiary alicyclic amines) is 1. The van der Waals surface area contributed by atoms with Gasteiger partial charge in [-0.15, -0.1) is 0 Å². The Bertz CT molecular complexity index is 340. The summed E-state index contributed by atoms with van der Waals surface area (Å²) in [5.41, 5.74) is 0. The van der Waals surface area contributed by atoms with E-state index in [1.807, 2.05) is 7.05 Å². The van der Waals surface area contributed by atoms with Crippen molar-refractivity contribution in [3.63, 3.8) is 0 Å². The van der Waals surface area contributed by atoms with Gasteiger partial charge < -0.3 is 20.3 Å². The van der Waals surface area contributed by atoms with Gasteiger partial charge >= 0.3 is 0 Å². The monoisotopic (exact) mass is 340 g/mol. The van der Waals surface area contributed by atoms with Crippen molar-refractivity contribution in [1.29, 1.82) is 0 Å². The maximum absolute atomic E-state index is 5.80. The van der Waals surface area contributed by atoms with Gasteiger partial charge in [-0.2, -0.15) is 0 Å². The van der Waals surface area contributed by atoms with Gasteiger partial charge in [0.2, 0.25) is 0 Å². The molecule has 1 heterocycles. The van der Waals surface area contributed by atoms with Gasteiger partial charge in [0, 0.05) is 33.3 Å². The third-order valence-electron chi connectivity index (χ3n) is 4.71. The highest BCUT2D eigenvalue weighted by molar-refractivity contribution is 5.79. The molecule has 24 heavy (non-hydrogen) atoms. The smallest absolute Gasteiger partial charge is 0.190 e. The third kappa shape index (κ3) is 8.88. The van der Waals surface area contributed by atoms with E-state index in [2.05, 4.69) is 48.2 Å². The number of nitrogens with one attached hydrogen (secondary N) is 2. The molecule has 5 nitrogen and oxygen atoms in total. The maximum Gasteiger partial charge on any atom is 0.190 e. The minimum absolute atomic E-state index is 0.318. The predicted molar refractivity (Wildman–Crippen MR) is 104 cm³/mol. The minimum atomic E-state index is 0.318. The van der Waals surface area contributed by atoms with Gasteiger partial charge in [-0.3, -0.25) is 4.99 Å². The fraction of sp³-hybridized carbons (Fsp3) is 0.947. The maximum atomic E-state index is 5.80. The van der Waals surface area contributed by atoms with Crippen molar-refractivity contribution in [2.75, 3.05) is 46.4 Å². The summed E-state index contributed by atoms with van der Waals surface area (Å²) >= 11 is 0. The molecule has 1 fully saturated rings. The number of piperidine rings is 1. The first-order valence-corrected chi connectivity index (χ1v) is 9.85. The molecule has 2 atom stereocenters. The first kappa shape index (κ1) is 21.2. The van der Waals surface area contributed by atoms with Crippen molar-refractivity contribution in [1.82, 2.24) is 15.5 Å². The Morgan fingerprint density at radius 2 is 1.83 bits per heavy atom. The highest BCUT2D eigenvalue weighted by atomic mass is 16.5. The van der Waals surface area contributed by atoms with Gasteiger partial charge in [-0.25, -0.2) is 0 Å². The van der Waals surface area contributed by atoms with E-state index >= 15 is 0 Å². The molecule has 0 amide bonds. The van der Waals surface area contributed by atoms with E-state index in [9.17, 15) is 0 Å². The van der Waals surface area contributed by atoms with Gasteiger partial charge in [0.05, 0.1) is 6.10 Å². The van der Waals surface area contributed by atoms with Crippen LogP contribution in [0.1, 0.15) is 53.4 Å². The van der Waals surface area contributed by atoms with Gasteiger partial charge in [0.25, 0.3) is 0 Å². The molecule has 1 rings (SSSR count). The van der Waals surface area contributed by atoms with E-state index < -0.39 is 0 Å². The lowest BCUT2D eigenvalue weighted by molar-refractivity contribution is 0.0258. The Hall–Kier alpha value is -0.810. The molecule has 0 saturated carbocycles. The summed E-state index contributed by atoms with van der Waals surface area (Å²) < 4.78 is 5.80. The molecule has 0 radical (unpaired) electrons. The van der Waals surface area contributed by atoms with Crippen LogP contribution >= 0.6 is 0 Å². The second-order valence-electron chi connectivity index (χ2n) is 7.37. The van der Waals surface area contributed by atoms with Crippen LogP contribution < -0.4 is 10.6 Å². The second kappa shape index (κ2) is 12.5. The zero-order chi connectivity index (χ0) is 17.8. The summed E-state index contributed by atoms with van der Waals surface area (Å²) in [6.07, 6.45) is 5.45. The van der Waals surface area contributed by atoms with Gasteiger partial charge in [0.15, 0.2) is 5.96 Å². The molecule has 0 aliphatic carbocycles. The molecular weight excluding hydrogens is 300 g/mol. The van der Waals surface area contributed by atoms with E-state index in [4.69, 9.17) is 4.74 Å². The Labute approximate surface area is 149 Å². The van der Waals surface area contributed by atoms with Crippen LogP contribution in [0.15, 0.2) is 4.99 Å². The van der Waals surface area contributed by atoms with Crippen LogP contribution in [0.2, 0.25) is 0 Å². The molecule has 1 aliphatic heterocycles. The van der Waals surface area contributed by atoms with Crippen molar-refractivity contribution in [2.45, 2.75) is 59.5 Å². The van der Waals surface area contributed by atoms with Crippen molar-refractivity contribution < 1.29 is 4.74 Å². The number of hydrogen-bond acceptors (Lipinski definition) is 3. The van der Waals surface area contributed by atoms with E-state index in [1.165, 1.54) is 38.9 Å². The molecule has 0 aromatic rings. The average Bonchev–Trinajstić information content (AvgIpc) is 2.57. The van der Waals surface area contributed by atoms with Crippen molar-refractivity contribution in [2.24, 2.45) is 16.8 Å². The molecule has 0 spiro atoms. The number of guanidine groups is 1. The van der Waals surface area contributed by atoms with Crippen molar-refractivity contribution in [3.8, 4) is 0 Å². The fourth-order valence-corrected chi connectivity index (χ4v) is 3.29. The Morgan fingerprint density at radius 3 is 2.42 bits per heavy atom. The van der Waals surface area contributed by atoms with Crippen LogP contribution in [0.3, 0.4) is 0 Å². The number of rotatable bonds is 10. The Balaban J connectivity index is 2.21. The van der Waals surface area contributed by atoms with Gasteiger partial charge in [-0.1, -0.05) is 27.2 Å². The summed E-state index contributed by atoms with van der Waals surface area (Å²) in [5, 5.41) is 6.88. The molecule has 1 aliphatic rings. The van der Waals surface area contributed by atoms with Gasteiger partial charge in [0.1, 0.15) is 0 Å². The third-order valence-corrected chi connectivity index (χ3v) is 4.71. The summed E-state index contributed by atoms with van der Waals surface area (Å²) in [5.74, 6) is 2.08. The van der Waals surface area contributed by atoms with Crippen LogP contribution in [0, 0.1) is 11.8 Å². The van der Waals surface area contributed by atoms with Crippen molar-refractivity contribution in [3.05, 3.63) is 0 Å². The van der Waals surface area contributed by atoms with E-state index in [0.717, 1.165) is 32.1 Å². The topological polar surface area (TPSA) is 48.9 Å².